The van der Waals surface area contributed by atoms with Gasteiger partial charge in [0.1, 0.15) is 0 Å². The number of hydrogen-bond donors (Lipinski definition) is 1. The molecule has 0 aromatic heterocycles. The Hall–Kier alpha value is -0.0936. The average molecular weight is 294 g/mol. The van der Waals surface area contributed by atoms with Crippen molar-refractivity contribution in [3.05, 3.63) is 35.4 Å². The van der Waals surface area contributed by atoms with Crippen molar-refractivity contribution in [2.24, 2.45) is 0 Å². The van der Waals surface area contributed by atoms with Crippen LogP contribution in [0, 0.1) is 0 Å². The Bertz CT molecular complexity index is 563. The Morgan fingerprint density at radius 2 is 1.50 bits per heavy atom. The minimum atomic E-state index is -4.19. The van der Waals surface area contributed by atoms with Gasteiger partial charge in [0.15, 0.2) is 0 Å². The second-order valence-corrected chi connectivity index (χ2v) is 5.17. The summed E-state index contributed by atoms with van der Waals surface area (Å²) < 4.78 is 29.8. The summed E-state index contributed by atoms with van der Waals surface area (Å²) in [7, 11) is -4.19. The van der Waals surface area contributed by atoms with E-state index in [1.807, 2.05) is 0 Å². The summed E-state index contributed by atoms with van der Waals surface area (Å²) in [6.07, 6.45) is 0. The summed E-state index contributed by atoms with van der Waals surface area (Å²) in [4.78, 5) is 24.3. The molecule has 0 aliphatic carbocycles. The fraction of sp³-hybridized carbons (Fsp3) is 0.200. The molecule has 91 valence electrons. The van der Waals surface area contributed by atoms with Crippen LogP contribution >= 0.6 is 0 Å². The Balaban J connectivity index is 0.00000162. The summed E-state index contributed by atoms with van der Waals surface area (Å²) in [5.41, 5.74) is 0.515. The molecule has 6 nitrogen and oxygen atoms in total. The maximum Gasteiger partial charge on any atom is 0.266 e. The third-order valence-electron chi connectivity index (χ3n) is 2.45. The number of rotatable bonds is 3. The second kappa shape index (κ2) is 5.91. The van der Waals surface area contributed by atoms with Crippen LogP contribution in [-0.4, -0.2) is 93.4 Å². The molecule has 1 radical (unpaired) electrons. The largest absolute Gasteiger partial charge is 0.285 e. The van der Waals surface area contributed by atoms with Gasteiger partial charge in [-0.2, -0.15) is 8.42 Å². The van der Waals surface area contributed by atoms with Gasteiger partial charge in [-0.15, -0.1) is 0 Å². The predicted octanol–water partition coefficient (Wildman–Crippen LogP) is -0.210. The fourth-order valence-electron chi connectivity index (χ4n) is 1.65. The number of amides is 2. The van der Waals surface area contributed by atoms with Gasteiger partial charge in [-0.3, -0.25) is 19.0 Å². The van der Waals surface area contributed by atoms with Crippen LogP contribution in [0.2, 0.25) is 0 Å². The molecule has 18 heavy (non-hydrogen) atoms. The number of benzene rings is 1. The molecule has 0 saturated heterocycles. The van der Waals surface area contributed by atoms with Crippen molar-refractivity contribution in [2.45, 2.75) is 0 Å². The molecule has 1 N–H and O–H groups in total. The van der Waals surface area contributed by atoms with E-state index in [-0.39, 0.29) is 69.1 Å². The first-order valence-corrected chi connectivity index (χ1v) is 6.41. The Morgan fingerprint density at radius 1 is 1.06 bits per heavy atom. The molecule has 0 fully saturated rings. The van der Waals surface area contributed by atoms with Crippen molar-refractivity contribution < 1.29 is 22.6 Å². The normalized spacial score (nSPS) is 14.4. The molecule has 2 rings (SSSR count). The molecular formula is C10H9KNO5S. The number of carbonyl (C=O) groups excluding carboxylic acids is 2. The van der Waals surface area contributed by atoms with Crippen molar-refractivity contribution >= 4 is 73.3 Å². The molecule has 1 aromatic rings. The van der Waals surface area contributed by atoms with Gasteiger partial charge in [0.25, 0.3) is 21.9 Å². The van der Waals surface area contributed by atoms with E-state index in [0.29, 0.717) is 0 Å². The van der Waals surface area contributed by atoms with Crippen molar-refractivity contribution in [3.63, 3.8) is 0 Å². The molecule has 1 aliphatic heterocycles. The number of imide groups is 1. The average Bonchev–Trinajstić information content (AvgIpc) is 2.49. The smallest absolute Gasteiger partial charge is 0.266 e. The Kier molecular flexibility index (Phi) is 5.24. The summed E-state index contributed by atoms with van der Waals surface area (Å²) >= 11 is 0. The maximum atomic E-state index is 11.8. The van der Waals surface area contributed by atoms with Crippen LogP contribution in [0.25, 0.3) is 0 Å². The number of carbonyl (C=O) groups is 2. The van der Waals surface area contributed by atoms with E-state index in [2.05, 4.69) is 0 Å². The summed E-state index contributed by atoms with van der Waals surface area (Å²) in [5, 5.41) is 0. The monoisotopic (exact) mass is 294 g/mol. The fourth-order valence-corrected chi connectivity index (χ4v) is 2.06. The minimum absolute atomic E-state index is 0. The van der Waals surface area contributed by atoms with Crippen molar-refractivity contribution in [3.8, 4) is 0 Å². The third-order valence-corrected chi connectivity index (χ3v) is 3.15. The molecule has 2 amide bonds. The van der Waals surface area contributed by atoms with E-state index in [1.165, 1.54) is 12.1 Å². The van der Waals surface area contributed by atoms with Crippen LogP contribution in [0.15, 0.2) is 24.3 Å². The molecule has 0 saturated carbocycles. The van der Waals surface area contributed by atoms with Gasteiger partial charge in [0.05, 0.1) is 16.9 Å². The van der Waals surface area contributed by atoms with E-state index in [0.717, 1.165) is 4.90 Å². The molecule has 0 bridgehead atoms. The summed E-state index contributed by atoms with van der Waals surface area (Å²) in [5.74, 6) is -1.72. The van der Waals surface area contributed by atoms with E-state index in [1.54, 1.807) is 12.1 Å². The molecule has 0 atom stereocenters. The molecule has 1 aliphatic rings. The molecule has 8 heteroatoms. The maximum absolute atomic E-state index is 11.8. The van der Waals surface area contributed by atoms with Crippen LogP contribution in [-0.2, 0) is 10.1 Å². The number of nitrogens with zero attached hydrogens (tertiary/aromatic N) is 1. The molecular weight excluding hydrogens is 285 g/mol. The minimum Gasteiger partial charge on any atom is -0.285 e. The van der Waals surface area contributed by atoms with E-state index in [9.17, 15) is 18.0 Å². The first-order valence-electron chi connectivity index (χ1n) is 4.80. The van der Waals surface area contributed by atoms with Gasteiger partial charge < -0.3 is 0 Å². The Morgan fingerprint density at radius 3 is 1.89 bits per heavy atom. The van der Waals surface area contributed by atoms with Crippen LogP contribution in [0.4, 0.5) is 0 Å². The van der Waals surface area contributed by atoms with Crippen LogP contribution < -0.4 is 0 Å². The first kappa shape index (κ1) is 16.0. The molecule has 1 heterocycles. The zero-order valence-electron chi connectivity index (χ0n) is 9.66. The SMILES string of the molecule is O=C1c2ccccc2C(=O)N1CCS(=O)(=O)O.[K]. The van der Waals surface area contributed by atoms with E-state index in [4.69, 9.17) is 4.55 Å². The van der Waals surface area contributed by atoms with Crippen LogP contribution in [0.5, 0.6) is 0 Å². The van der Waals surface area contributed by atoms with E-state index < -0.39 is 27.7 Å². The number of hydrogen-bond acceptors (Lipinski definition) is 4. The third kappa shape index (κ3) is 3.26. The first-order chi connectivity index (χ1) is 7.90. The van der Waals surface area contributed by atoms with Crippen LogP contribution in [0.3, 0.4) is 0 Å². The van der Waals surface area contributed by atoms with Gasteiger partial charge in [0.2, 0.25) is 0 Å². The molecule has 0 unspecified atom stereocenters. The van der Waals surface area contributed by atoms with Gasteiger partial charge in [-0.25, -0.2) is 0 Å². The van der Waals surface area contributed by atoms with Gasteiger partial charge in [-0.1, -0.05) is 12.1 Å². The quantitative estimate of drug-likeness (QED) is 0.473. The van der Waals surface area contributed by atoms with Gasteiger partial charge >= 0.3 is 0 Å². The Labute approximate surface area is 147 Å². The van der Waals surface area contributed by atoms with Gasteiger partial charge in [0, 0.05) is 57.9 Å². The van der Waals surface area contributed by atoms with Crippen molar-refractivity contribution in [1.82, 2.24) is 4.90 Å². The van der Waals surface area contributed by atoms with E-state index >= 15 is 0 Å². The summed E-state index contributed by atoms with van der Waals surface area (Å²) in [6, 6.07) is 6.25. The van der Waals surface area contributed by atoms with Crippen molar-refractivity contribution in [1.29, 1.82) is 0 Å². The van der Waals surface area contributed by atoms with Crippen molar-refractivity contribution in [2.75, 3.05) is 12.3 Å². The molecule has 0 spiro atoms. The zero-order chi connectivity index (χ0) is 12.6. The van der Waals surface area contributed by atoms with Gasteiger partial charge in [-0.05, 0) is 12.1 Å². The topological polar surface area (TPSA) is 91.8 Å². The zero-order valence-corrected chi connectivity index (χ0v) is 13.6. The number of fused-ring (bicyclic) bond motifs is 1. The second-order valence-electron chi connectivity index (χ2n) is 3.59. The molecule has 1 aromatic carbocycles. The standard InChI is InChI=1S/C10H9NO5S.K/c12-9-7-3-1-2-4-8(7)10(13)11(9)5-6-17(14,15)16;/h1-4H,5-6H2,(H,14,15,16);. The summed E-state index contributed by atoms with van der Waals surface area (Å²) in [6.45, 7) is -0.342. The predicted molar refractivity (Wildman–Crippen MR) is 64.0 cm³/mol. The van der Waals surface area contributed by atoms with Crippen LogP contribution in [0.1, 0.15) is 20.7 Å².